The van der Waals surface area contributed by atoms with Crippen molar-refractivity contribution in [1.29, 1.82) is 0 Å². The molecule has 0 rings (SSSR count). The molecule has 0 amide bonds. The van der Waals surface area contributed by atoms with Gasteiger partial charge in [-0.1, -0.05) is 33.1 Å². The van der Waals surface area contributed by atoms with E-state index in [0.29, 0.717) is 5.92 Å². The fourth-order valence-electron chi connectivity index (χ4n) is 1.11. The Morgan fingerprint density at radius 2 is 2.07 bits per heavy atom. The van der Waals surface area contributed by atoms with Gasteiger partial charge in [0.15, 0.2) is 0 Å². The van der Waals surface area contributed by atoms with Gasteiger partial charge < -0.3 is 14.9 Å². The summed E-state index contributed by atoms with van der Waals surface area (Å²) >= 11 is 0. The molecule has 0 bridgehead atoms. The predicted molar refractivity (Wildman–Crippen MR) is 45.7 cm³/mol. The van der Waals surface area contributed by atoms with Gasteiger partial charge in [-0.3, -0.25) is 0 Å². The van der Waals surface area contributed by atoms with E-state index in [9.17, 15) is 10.1 Å². The Labute approximate surface area is 107 Å². The van der Waals surface area contributed by atoms with Gasteiger partial charge in [-0.2, -0.15) is 0 Å². The van der Waals surface area contributed by atoms with Crippen molar-refractivity contribution in [3.63, 3.8) is 0 Å². The van der Waals surface area contributed by atoms with Crippen molar-refractivity contribution in [3.05, 3.63) is 0 Å². The third kappa shape index (κ3) is 8.81. The van der Waals surface area contributed by atoms with Crippen LogP contribution in [0.15, 0.2) is 0 Å². The quantitative estimate of drug-likeness (QED) is 0.236. The average molecular weight is 212 g/mol. The Kier molecular flexibility index (Phi) is 13.4. The van der Waals surface area contributed by atoms with Crippen molar-refractivity contribution in [1.82, 2.24) is 0 Å². The second-order valence-corrected chi connectivity index (χ2v) is 3.06. The van der Waals surface area contributed by atoms with Crippen LogP contribution in [0.2, 0.25) is 0 Å². The van der Waals surface area contributed by atoms with E-state index in [0.717, 1.165) is 25.7 Å². The number of rotatable bonds is 6. The molecular formula is C9H17NaO4. The zero-order chi connectivity index (χ0) is 10.1. The summed E-state index contributed by atoms with van der Waals surface area (Å²) in [5.41, 5.74) is 0. The molecule has 5 heteroatoms. The first kappa shape index (κ1) is 16.7. The third-order valence-electron chi connectivity index (χ3n) is 2.05. The van der Waals surface area contributed by atoms with Crippen LogP contribution in [0.1, 0.15) is 39.5 Å². The molecule has 0 aromatic rings. The van der Waals surface area contributed by atoms with E-state index < -0.39 is 6.16 Å². The number of carbonyl (C=O) groups is 1. The summed E-state index contributed by atoms with van der Waals surface area (Å²) in [7, 11) is 0. The Morgan fingerprint density at radius 3 is 2.50 bits per heavy atom. The summed E-state index contributed by atoms with van der Waals surface area (Å²) in [6.07, 6.45) is 3.09. The van der Waals surface area contributed by atoms with Crippen LogP contribution in [0.5, 0.6) is 0 Å². The number of hydrogen-bond donors (Lipinski definition) is 0. The van der Waals surface area contributed by atoms with E-state index >= 15 is 0 Å². The first-order chi connectivity index (χ1) is 6.24. The molecule has 0 saturated carbocycles. The summed E-state index contributed by atoms with van der Waals surface area (Å²) in [5, 5.41) is 9.57. The van der Waals surface area contributed by atoms with Gasteiger partial charge in [-0.25, -0.2) is 4.79 Å². The van der Waals surface area contributed by atoms with E-state index in [1.165, 1.54) is 0 Å². The van der Waals surface area contributed by atoms with E-state index in [1.54, 1.807) is 0 Å². The molecule has 0 heterocycles. The number of carbonyl (C=O) groups excluding carboxylic acids is 1. The zero-order valence-electron chi connectivity index (χ0n) is 9.25. The Balaban J connectivity index is 0. The van der Waals surface area contributed by atoms with Crippen LogP contribution in [-0.2, 0) is 9.62 Å². The van der Waals surface area contributed by atoms with Gasteiger partial charge in [-0.05, 0) is 12.3 Å². The molecule has 0 aliphatic carbocycles. The largest absolute Gasteiger partial charge is 1.00 e. The SMILES string of the molecule is CCCCC(CC)COC(=O)O[O-].[Na+]. The maximum atomic E-state index is 10.3. The molecule has 0 spiro atoms. The summed E-state index contributed by atoms with van der Waals surface area (Å²) < 4.78 is 4.57. The van der Waals surface area contributed by atoms with Crippen LogP contribution in [0.3, 0.4) is 0 Å². The fourth-order valence-corrected chi connectivity index (χ4v) is 1.11. The first-order valence-corrected chi connectivity index (χ1v) is 4.71. The molecule has 0 aliphatic rings. The van der Waals surface area contributed by atoms with Gasteiger partial charge in [0.1, 0.15) is 0 Å². The van der Waals surface area contributed by atoms with Crippen LogP contribution >= 0.6 is 0 Å². The summed E-state index contributed by atoms with van der Waals surface area (Å²) in [6.45, 7) is 4.43. The normalized spacial score (nSPS) is 11.4. The molecule has 4 nitrogen and oxygen atoms in total. The molecule has 0 aromatic carbocycles. The standard InChI is InChI=1S/C9H18O4.Na/c1-3-5-6-8(4-2)7-12-9(10)13-11;/h8,11H,3-7H2,1-2H3;/q;+1/p-1. The fraction of sp³-hybridized carbons (Fsp3) is 0.889. The molecule has 0 fully saturated rings. The molecule has 0 saturated heterocycles. The first-order valence-electron chi connectivity index (χ1n) is 4.71. The molecule has 1 unspecified atom stereocenters. The molecule has 0 N–H and O–H groups in total. The van der Waals surface area contributed by atoms with Gasteiger partial charge in [-0.15, -0.1) is 0 Å². The monoisotopic (exact) mass is 212 g/mol. The van der Waals surface area contributed by atoms with Crippen LogP contribution in [-0.4, -0.2) is 12.8 Å². The van der Waals surface area contributed by atoms with E-state index in [4.69, 9.17) is 0 Å². The number of hydrogen-bond acceptors (Lipinski definition) is 4. The molecule has 0 aromatic heterocycles. The zero-order valence-corrected chi connectivity index (χ0v) is 11.2. The van der Waals surface area contributed by atoms with Crippen molar-refractivity contribution in [2.75, 3.05) is 6.61 Å². The van der Waals surface area contributed by atoms with Crippen molar-refractivity contribution in [2.24, 2.45) is 5.92 Å². The molecule has 0 aliphatic heterocycles. The summed E-state index contributed by atoms with van der Waals surface area (Å²) in [6, 6.07) is 0. The topological polar surface area (TPSA) is 58.6 Å². The maximum Gasteiger partial charge on any atom is 1.00 e. The molecular weight excluding hydrogens is 195 g/mol. The third-order valence-corrected chi connectivity index (χ3v) is 2.05. The van der Waals surface area contributed by atoms with Crippen molar-refractivity contribution < 1.29 is 49.2 Å². The van der Waals surface area contributed by atoms with Gasteiger partial charge in [0, 0.05) is 0 Å². The minimum Gasteiger partial charge on any atom is -0.659 e. The Hall–Kier alpha value is 0.230. The van der Waals surface area contributed by atoms with Crippen LogP contribution in [0.4, 0.5) is 4.79 Å². The Bertz CT molecular complexity index is 141. The van der Waals surface area contributed by atoms with Crippen LogP contribution < -0.4 is 34.8 Å². The van der Waals surface area contributed by atoms with Gasteiger partial charge in [0.05, 0.1) is 6.61 Å². The summed E-state index contributed by atoms with van der Waals surface area (Å²) in [4.78, 5) is 13.5. The summed E-state index contributed by atoms with van der Waals surface area (Å²) in [5.74, 6) is 0.346. The van der Waals surface area contributed by atoms with Crippen molar-refractivity contribution in [3.8, 4) is 0 Å². The van der Waals surface area contributed by atoms with Gasteiger partial charge in [0.2, 0.25) is 0 Å². The van der Waals surface area contributed by atoms with Crippen LogP contribution in [0, 0.1) is 5.92 Å². The van der Waals surface area contributed by atoms with Crippen LogP contribution in [0.25, 0.3) is 0 Å². The van der Waals surface area contributed by atoms with Gasteiger partial charge >= 0.3 is 35.7 Å². The van der Waals surface area contributed by atoms with Crippen molar-refractivity contribution >= 4 is 6.16 Å². The second kappa shape index (κ2) is 11.3. The van der Waals surface area contributed by atoms with Gasteiger partial charge in [0.25, 0.3) is 0 Å². The Morgan fingerprint density at radius 1 is 1.43 bits per heavy atom. The second-order valence-electron chi connectivity index (χ2n) is 3.06. The number of ether oxygens (including phenoxy) is 1. The minimum atomic E-state index is -1.13. The molecule has 0 radical (unpaired) electrons. The van der Waals surface area contributed by atoms with E-state index in [2.05, 4.69) is 16.5 Å². The predicted octanol–water partition coefficient (Wildman–Crippen LogP) is -1.36. The minimum absolute atomic E-state index is 0. The average Bonchev–Trinajstić information content (AvgIpc) is 2.17. The molecule has 1 atom stereocenters. The molecule has 14 heavy (non-hydrogen) atoms. The van der Waals surface area contributed by atoms with E-state index in [1.807, 2.05) is 6.92 Å². The van der Waals surface area contributed by atoms with Crippen molar-refractivity contribution in [2.45, 2.75) is 39.5 Å². The maximum absolute atomic E-state index is 10.3. The number of unbranched alkanes of at least 4 members (excludes halogenated alkanes) is 1. The van der Waals surface area contributed by atoms with E-state index in [-0.39, 0.29) is 36.2 Å². The molecule has 78 valence electrons. The smallest absolute Gasteiger partial charge is 0.659 e.